The van der Waals surface area contributed by atoms with Crippen molar-refractivity contribution in [2.75, 3.05) is 12.3 Å². The maximum absolute atomic E-state index is 12.1. The van der Waals surface area contributed by atoms with Crippen molar-refractivity contribution in [3.63, 3.8) is 0 Å². The Balaban J connectivity index is 2.75. The van der Waals surface area contributed by atoms with Crippen LogP contribution in [-0.2, 0) is 9.59 Å². The zero-order chi connectivity index (χ0) is 14.8. The number of carbonyl (C=O) groups is 2. The number of carbonyl (C=O) groups excluding carboxylic acids is 2. The number of nitrogens with zero attached hydrogens (tertiary/aromatic N) is 1. The fourth-order valence-corrected chi connectivity index (χ4v) is 2.41. The number of thioether (sulfide) groups is 1. The fraction of sp³-hybridized carbons (Fsp3) is 0.818. The van der Waals surface area contributed by atoms with E-state index in [9.17, 15) is 22.8 Å². The number of rotatable bonds is 4. The maximum atomic E-state index is 12.1. The Morgan fingerprint density at radius 2 is 1.95 bits per heavy atom. The molecule has 1 fully saturated rings. The first-order valence-corrected chi connectivity index (χ1v) is 6.91. The highest BCUT2D eigenvalue weighted by Gasteiger charge is 2.45. The summed E-state index contributed by atoms with van der Waals surface area (Å²) in [6.45, 7) is 4.71. The molecule has 1 N–H and O–H groups in total. The molecule has 1 aliphatic rings. The van der Waals surface area contributed by atoms with Crippen molar-refractivity contribution in [2.45, 2.75) is 44.3 Å². The van der Waals surface area contributed by atoms with Crippen molar-refractivity contribution in [1.82, 2.24) is 10.2 Å². The van der Waals surface area contributed by atoms with Gasteiger partial charge in [0.05, 0.1) is 0 Å². The van der Waals surface area contributed by atoms with E-state index in [0.29, 0.717) is 6.42 Å². The van der Waals surface area contributed by atoms with Crippen molar-refractivity contribution in [3.8, 4) is 0 Å². The van der Waals surface area contributed by atoms with Gasteiger partial charge in [0.1, 0.15) is 11.6 Å². The summed E-state index contributed by atoms with van der Waals surface area (Å²) in [4.78, 5) is 25.2. The highest BCUT2D eigenvalue weighted by molar-refractivity contribution is 8.00. The Hall–Kier alpha value is -0.920. The molecule has 0 aromatic rings. The fourth-order valence-electron chi connectivity index (χ4n) is 1.90. The zero-order valence-electron chi connectivity index (χ0n) is 11.0. The average molecular weight is 298 g/mol. The SMILES string of the molecule is CCC1NC(=O)C(C)(C)N(CCSC(F)(F)F)C1=O. The molecule has 0 aromatic heterocycles. The molecule has 0 bridgehead atoms. The van der Waals surface area contributed by atoms with E-state index in [0.717, 1.165) is 0 Å². The summed E-state index contributed by atoms with van der Waals surface area (Å²) >= 11 is -0.186. The van der Waals surface area contributed by atoms with E-state index in [1.807, 2.05) is 0 Å². The molecular weight excluding hydrogens is 281 g/mol. The normalized spacial score (nSPS) is 23.5. The molecule has 4 nitrogen and oxygen atoms in total. The van der Waals surface area contributed by atoms with Crippen molar-refractivity contribution >= 4 is 23.6 Å². The van der Waals surface area contributed by atoms with Crippen LogP contribution in [0.5, 0.6) is 0 Å². The molecule has 1 heterocycles. The maximum Gasteiger partial charge on any atom is 0.441 e. The summed E-state index contributed by atoms with van der Waals surface area (Å²) in [6, 6.07) is -0.642. The Kier molecular flexibility index (Phi) is 4.76. The quantitative estimate of drug-likeness (QED) is 0.860. The second-order valence-electron chi connectivity index (χ2n) is 4.78. The van der Waals surface area contributed by atoms with Crippen LogP contribution in [0.3, 0.4) is 0 Å². The minimum atomic E-state index is -4.32. The van der Waals surface area contributed by atoms with Gasteiger partial charge in [-0.2, -0.15) is 13.2 Å². The van der Waals surface area contributed by atoms with Gasteiger partial charge in [0, 0.05) is 12.3 Å². The standard InChI is InChI=1S/C11H17F3N2O2S/c1-4-7-8(17)16(5-6-19-11(12,13)14)10(2,3)9(18)15-7/h7H,4-6H2,1-3H3,(H,15,18). The van der Waals surface area contributed by atoms with Gasteiger partial charge in [0.25, 0.3) is 0 Å². The molecule has 8 heteroatoms. The number of piperazine rings is 1. The van der Waals surface area contributed by atoms with E-state index in [1.54, 1.807) is 6.92 Å². The van der Waals surface area contributed by atoms with Crippen LogP contribution in [-0.4, -0.2) is 46.1 Å². The molecule has 1 aliphatic heterocycles. The van der Waals surface area contributed by atoms with E-state index in [2.05, 4.69) is 5.32 Å². The predicted molar refractivity (Wildman–Crippen MR) is 66.5 cm³/mol. The second-order valence-corrected chi connectivity index (χ2v) is 5.94. The van der Waals surface area contributed by atoms with Crippen LogP contribution in [0.1, 0.15) is 27.2 Å². The zero-order valence-corrected chi connectivity index (χ0v) is 11.8. The molecule has 0 saturated carbocycles. The Bertz CT molecular complexity index is 371. The average Bonchev–Trinajstić information content (AvgIpc) is 2.27. The summed E-state index contributed by atoms with van der Waals surface area (Å²) in [6.07, 6.45) is 0.420. The van der Waals surface area contributed by atoms with E-state index in [4.69, 9.17) is 0 Å². The van der Waals surface area contributed by atoms with Crippen molar-refractivity contribution in [1.29, 1.82) is 0 Å². The van der Waals surface area contributed by atoms with Gasteiger partial charge in [-0.1, -0.05) is 6.92 Å². The minimum absolute atomic E-state index is 0.0973. The number of hydrogen-bond donors (Lipinski definition) is 1. The van der Waals surface area contributed by atoms with Gasteiger partial charge in [-0.05, 0) is 32.0 Å². The van der Waals surface area contributed by atoms with Gasteiger partial charge < -0.3 is 10.2 Å². The van der Waals surface area contributed by atoms with Crippen LogP contribution in [0.15, 0.2) is 0 Å². The topological polar surface area (TPSA) is 49.4 Å². The molecule has 0 radical (unpaired) electrons. The molecule has 0 aromatic carbocycles. The largest absolute Gasteiger partial charge is 0.441 e. The van der Waals surface area contributed by atoms with Crippen LogP contribution in [0.2, 0.25) is 0 Å². The number of hydrogen-bond acceptors (Lipinski definition) is 3. The summed E-state index contributed by atoms with van der Waals surface area (Å²) in [7, 11) is 0. The van der Waals surface area contributed by atoms with Crippen molar-refractivity contribution in [3.05, 3.63) is 0 Å². The van der Waals surface area contributed by atoms with Gasteiger partial charge in [-0.15, -0.1) is 0 Å². The van der Waals surface area contributed by atoms with Crippen LogP contribution >= 0.6 is 11.8 Å². The second kappa shape index (κ2) is 5.60. The molecule has 1 saturated heterocycles. The number of nitrogens with one attached hydrogen (secondary N) is 1. The lowest BCUT2D eigenvalue weighted by Gasteiger charge is -2.44. The lowest BCUT2D eigenvalue weighted by molar-refractivity contribution is -0.154. The smallest absolute Gasteiger partial charge is 0.342 e. The van der Waals surface area contributed by atoms with Crippen LogP contribution in [0, 0.1) is 0 Å². The summed E-state index contributed by atoms with van der Waals surface area (Å²) < 4.78 is 36.3. The molecule has 0 aliphatic carbocycles. The molecule has 1 rings (SSSR count). The summed E-state index contributed by atoms with van der Waals surface area (Å²) in [5.41, 5.74) is -5.44. The van der Waals surface area contributed by atoms with Gasteiger partial charge in [0.15, 0.2) is 0 Å². The Morgan fingerprint density at radius 1 is 1.37 bits per heavy atom. The molecule has 0 spiro atoms. The molecule has 19 heavy (non-hydrogen) atoms. The van der Waals surface area contributed by atoms with Gasteiger partial charge in [0.2, 0.25) is 11.8 Å². The first-order valence-electron chi connectivity index (χ1n) is 5.92. The summed E-state index contributed by atoms with van der Waals surface area (Å²) in [5.74, 6) is -0.937. The molecule has 1 unspecified atom stereocenters. The highest BCUT2D eigenvalue weighted by atomic mass is 32.2. The van der Waals surface area contributed by atoms with Crippen LogP contribution in [0.4, 0.5) is 13.2 Å². The van der Waals surface area contributed by atoms with Crippen LogP contribution < -0.4 is 5.32 Å². The van der Waals surface area contributed by atoms with Crippen molar-refractivity contribution in [2.24, 2.45) is 0 Å². The third kappa shape index (κ3) is 3.77. The van der Waals surface area contributed by atoms with E-state index < -0.39 is 17.1 Å². The molecule has 1 atom stereocenters. The predicted octanol–water partition coefficient (Wildman–Crippen LogP) is 1.75. The minimum Gasteiger partial charge on any atom is -0.342 e. The lowest BCUT2D eigenvalue weighted by atomic mass is 9.95. The molecule has 110 valence electrons. The number of alkyl halides is 3. The third-order valence-corrected chi connectivity index (χ3v) is 3.80. The first-order chi connectivity index (χ1) is 8.59. The number of amides is 2. The van der Waals surface area contributed by atoms with Crippen molar-refractivity contribution < 1.29 is 22.8 Å². The Morgan fingerprint density at radius 3 is 2.42 bits per heavy atom. The first kappa shape index (κ1) is 16.1. The Labute approximate surface area is 114 Å². The molecule has 2 amide bonds. The van der Waals surface area contributed by atoms with E-state index in [1.165, 1.54) is 18.7 Å². The van der Waals surface area contributed by atoms with E-state index in [-0.39, 0.29) is 35.9 Å². The highest BCUT2D eigenvalue weighted by Crippen LogP contribution is 2.31. The van der Waals surface area contributed by atoms with Gasteiger partial charge >= 0.3 is 5.51 Å². The molecular formula is C11H17F3N2O2S. The number of halogens is 3. The van der Waals surface area contributed by atoms with Gasteiger partial charge in [-0.25, -0.2) is 0 Å². The monoisotopic (exact) mass is 298 g/mol. The van der Waals surface area contributed by atoms with Crippen LogP contribution in [0.25, 0.3) is 0 Å². The summed E-state index contributed by atoms with van der Waals surface area (Å²) in [5, 5.41) is 2.58. The lowest BCUT2D eigenvalue weighted by Crippen LogP contribution is -2.68. The third-order valence-electron chi connectivity index (χ3n) is 3.09. The van der Waals surface area contributed by atoms with E-state index >= 15 is 0 Å². The van der Waals surface area contributed by atoms with Gasteiger partial charge in [-0.3, -0.25) is 9.59 Å².